The van der Waals surface area contributed by atoms with Crippen molar-refractivity contribution in [3.05, 3.63) is 77.2 Å². The molecule has 1 aliphatic heterocycles. The molecule has 33 heavy (non-hydrogen) atoms. The van der Waals surface area contributed by atoms with Crippen molar-refractivity contribution < 1.29 is 17.6 Å². The van der Waals surface area contributed by atoms with Gasteiger partial charge in [0.15, 0.2) is 9.84 Å². The predicted octanol–water partition coefficient (Wildman–Crippen LogP) is 3.22. The van der Waals surface area contributed by atoms with Crippen LogP contribution in [0.3, 0.4) is 0 Å². The zero-order valence-corrected chi connectivity index (χ0v) is 19.8. The van der Waals surface area contributed by atoms with Crippen molar-refractivity contribution in [2.75, 3.05) is 31.9 Å². The molecular formula is C25H29N3O4S. The molecule has 0 radical (unpaired) electrons. The summed E-state index contributed by atoms with van der Waals surface area (Å²) in [4.78, 5) is 21.1. The second-order valence-corrected chi connectivity index (χ2v) is 10.6. The number of carbonyl (C=O) groups is 1. The van der Waals surface area contributed by atoms with Crippen LogP contribution in [-0.2, 0) is 26.9 Å². The third-order valence-electron chi connectivity index (χ3n) is 5.94. The number of piperazine rings is 1. The highest BCUT2D eigenvalue weighted by Crippen LogP contribution is 2.25. The van der Waals surface area contributed by atoms with Crippen molar-refractivity contribution in [2.45, 2.75) is 26.1 Å². The number of aryl methyl sites for hydroxylation is 2. The summed E-state index contributed by atoms with van der Waals surface area (Å²) < 4.78 is 31.3. The van der Waals surface area contributed by atoms with Crippen LogP contribution in [0.1, 0.15) is 22.6 Å². The van der Waals surface area contributed by atoms with Crippen LogP contribution in [-0.4, -0.2) is 61.0 Å². The Morgan fingerprint density at radius 2 is 1.64 bits per heavy atom. The van der Waals surface area contributed by atoms with Gasteiger partial charge in [-0.05, 0) is 31.0 Å². The summed E-state index contributed by atoms with van der Waals surface area (Å²) in [5.74, 6) is -0.323. The Morgan fingerprint density at radius 1 is 0.970 bits per heavy atom. The molecule has 1 saturated heterocycles. The topological polar surface area (TPSA) is 83.7 Å². The quantitative estimate of drug-likeness (QED) is 0.531. The van der Waals surface area contributed by atoms with E-state index in [0.717, 1.165) is 30.8 Å². The van der Waals surface area contributed by atoms with E-state index >= 15 is 0 Å². The molecule has 8 heteroatoms. The average molecular weight is 468 g/mol. The maximum atomic E-state index is 12.8. The summed E-state index contributed by atoms with van der Waals surface area (Å²) in [6.45, 7) is 6.99. The summed E-state index contributed by atoms with van der Waals surface area (Å²) >= 11 is 0. The van der Waals surface area contributed by atoms with E-state index in [1.54, 1.807) is 11.8 Å². The molecule has 0 bridgehead atoms. The first-order valence-electron chi connectivity index (χ1n) is 11.1. The zero-order valence-electron chi connectivity index (χ0n) is 19.0. The monoisotopic (exact) mass is 467 g/mol. The Kier molecular flexibility index (Phi) is 6.95. The third-order valence-corrected chi connectivity index (χ3v) is 7.34. The van der Waals surface area contributed by atoms with Crippen molar-refractivity contribution in [3.8, 4) is 11.5 Å². The molecule has 2 aromatic carbocycles. The first kappa shape index (κ1) is 23.2. The number of amides is 1. The summed E-state index contributed by atoms with van der Waals surface area (Å²) in [5.41, 5.74) is 3.41. The van der Waals surface area contributed by atoms with Crippen molar-refractivity contribution in [1.82, 2.24) is 14.8 Å². The fraction of sp³-hybridized carbons (Fsp3) is 0.360. The highest BCUT2D eigenvalue weighted by Gasteiger charge is 2.27. The Balaban J connectivity index is 1.34. The van der Waals surface area contributed by atoms with Gasteiger partial charge in [0, 0.05) is 38.3 Å². The molecular weight excluding hydrogens is 438 g/mol. The van der Waals surface area contributed by atoms with Crippen LogP contribution >= 0.6 is 0 Å². The molecule has 0 saturated carbocycles. The highest BCUT2D eigenvalue weighted by atomic mass is 32.2. The highest BCUT2D eigenvalue weighted by molar-refractivity contribution is 7.91. The average Bonchev–Trinajstić information content (AvgIpc) is 3.14. The van der Waals surface area contributed by atoms with E-state index in [9.17, 15) is 13.2 Å². The number of oxazole rings is 1. The maximum Gasteiger partial charge on any atom is 0.237 e. The lowest BCUT2D eigenvalue weighted by Gasteiger charge is -2.34. The third kappa shape index (κ3) is 5.89. The van der Waals surface area contributed by atoms with Gasteiger partial charge in [0.1, 0.15) is 11.5 Å². The number of benzene rings is 2. The first-order chi connectivity index (χ1) is 15.8. The molecule has 4 rings (SSSR count). The Hall–Kier alpha value is -2.97. The lowest BCUT2D eigenvalue weighted by Crippen LogP contribution is -2.49. The van der Waals surface area contributed by atoms with E-state index in [2.05, 4.69) is 22.0 Å². The molecule has 3 aromatic rings. The van der Waals surface area contributed by atoms with E-state index in [1.807, 2.05) is 49.4 Å². The second-order valence-electron chi connectivity index (χ2n) is 8.51. The van der Waals surface area contributed by atoms with Crippen molar-refractivity contribution in [3.63, 3.8) is 0 Å². The van der Waals surface area contributed by atoms with E-state index in [-0.39, 0.29) is 11.7 Å². The van der Waals surface area contributed by atoms with Crippen molar-refractivity contribution in [2.24, 2.45) is 0 Å². The van der Waals surface area contributed by atoms with Gasteiger partial charge in [0.2, 0.25) is 11.8 Å². The van der Waals surface area contributed by atoms with Crippen molar-refractivity contribution >= 4 is 15.7 Å². The minimum Gasteiger partial charge on any atom is -0.441 e. The molecule has 0 spiro atoms. The minimum absolute atomic E-state index is 0.312. The molecule has 174 valence electrons. The number of sulfone groups is 1. The minimum atomic E-state index is -3.67. The molecule has 7 nitrogen and oxygen atoms in total. The van der Waals surface area contributed by atoms with Gasteiger partial charge in [-0.2, -0.15) is 0 Å². The van der Waals surface area contributed by atoms with Crippen LogP contribution in [0.4, 0.5) is 0 Å². The number of carbonyl (C=O) groups excluding carboxylic acids is 1. The smallest absolute Gasteiger partial charge is 0.237 e. The van der Waals surface area contributed by atoms with E-state index in [4.69, 9.17) is 4.42 Å². The van der Waals surface area contributed by atoms with Crippen LogP contribution in [0.5, 0.6) is 0 Å². The second kappa shape index (κ2) is 9.89. The van der Waals surface area contributed by atoms with Gasteiger partial charge >= 0.3 is 0 Å². The number of nitrogens with zero attached hydrogens (tertiary/aromatic N) is 3. The number of hydrogen-bond donors (Lipinski definition) is 0. The number of rotatable bonds is 7. The van der Waals surface area contributed by atoms with Gasteiger partial charge in [-0.1, -0.05) is 48.5 Å². The lowest BCUT2D eigenvalue weighted by molar-refractivity contribution is -0.130. The Bertz CT molecular complexity index is 1210. The normalized spacial score (nSPS) is 15.0. The van der Waals surface area contributed by atoms with Gasteiger partial charge in [-0.3, -0.25) is 9.69 Å². The molecule has 0 aliphatic carbocycles. The van der Waals surface area contributed by atoms with Gasteiger partial charge < -0.3 is 9.32 Å². The molecule has 1 amide bonds. The summed E-state index contributed by atoms with van der Waals surface area (Å²) in [7, 11) is -3.67. The largest absolute Gasteiger partial charge is 0.441 e. The first-order valence-corrected chi connectivity index (χ1v) is 12.9. The SMILES string of the molecule is Cc1ccccc1-c1nc(CS(=O)(=O)CC(=O)N2CCN(Cc3ccccc3)CC2)c(C)o1. The molecule has 1 fully saturated rings. The van der Waals surface area contributed by atoms with Gasteiger partial charge in [-0.25, -0.2) is 13.4 Å². The number of hydrogen-bond acceptors (Lipinski definition) is 6. The summed E-state index contributed by atoms with van der Waals surface area (Å²) in [5, 5.41) is 0. The van der Waals surface area contributed by atoms with Crippen LogP contribution in [0, 0.1) is 13.8 Å². The summed E-state index contributed by atoms with van der Waals surface area (Å²) in [6, 6.07) is 17.8. The molecule has 0 unspecified atom stereocenters. The van der Waals surface area contributed by atoms with Gasteiger partial charge in [-0.15, -0.1) is 0 Å². The van der Waals surface area contributed by atoms with E-state index < -0.39 is 15.6 Å². The van der Waals surface area contributed by atoms with Crippen molar-refractivity contribution in [1.29, 1.82) is 0 Å². The Labute approximate surface area is 195 Å². The zero-order chi connectivity index (χ0) is 23.4. The standard InChI is InChI=1S/C25H29N3O4S/c1-19-8-6-7-11-22(19)25-26-23(20(2)32-25)17-33(30,31)18-24(29)28-14-12-27(13-15-28)16-21-9-4-3-5-10-21/h3-11H,12-18H2,1-2H3. The van der Waals surface area contributed by atoms with Crippen LogP contribution in [0.15, 0.2) is 59.0 Å². The molecule has 0 atom stereocenters. The molecule has 1 aliphatic rings. The van der Waals surface area contributed by atoms with Gasteiger partial charge in [0.05, 0.1) is 11.4 Å². The fourth-order valence-electron chi connectivity index (χ4n) is 4.03. The molecule has 2 heterocycles. The Morgan fingerprint density at radius 3 is 2.33 bits per heavy atom. The summed E-state index contributed by atoms with van der Waals surface area (Å²) in [6.07, 6.45) is 0. The lowest BCUT2D eigenvalue weighted by atomic mass is 10.1. The predicted molar refractivity (Wildman–Crippen MR) is 127 cm³/mol. The fourth-order valence-corrected chi connectivity index (χ4v) is 5.37. The number of aromatic nitrogens is 1. The molecule has 0 N–H and O–H groups in total. The van der Waals surface area contributed by atoms with Crippen LogP contribution in [0.25, 0.3) is 11.5 Å². The van der Waals surface area contributed by atoms with E-state index in [0.29, 0.717) is 30.4 Å². The molecule has 1 aromatic heterocycles. The van der Waals surface area contributed by atoms with Gasteiger partial charge in [0.25, 0.3) is 0 Å². The van der Waals surface area contributed by atoms with E-state index in [1.165, 1.54) is 5.56 Å². The maximum absolute atomic E-state index is 12.8. The van der Waals surface area contributed by atoms with Crippen LogP contribution < -0.4 is 0 Å². The van der Waals surface area contributed by atoms with Crippen LogP contribution in [0.2, 0.25) is 0 Å².